The second kappa shape index (κ2) is 2.32. The molecule has 0 aromatic carbocycles. The van der Waals surface area contributed by atoms with Crippen LogP contribution in [0.15, 0.2) is 12.3 Å². The smallest absolute Gasteiger partial charge is 0.121 e. The molecule has 1 aromatic heterocycles. The molecule has 0 aliphatic heterocycles. The molecule has 0 spiro atoms. The van der Waals surface area contributed by atoms with Crippen molar-refractivity contribution < 1.29 is 0 Å². The van der Waals surface area contributed by atoms with Gasteiger partial charge in [0, 0.05) is 7.05 Å². The van der Waals surface area contributed by atoms with E-state index >= 15 is 0 Å². The third-order valence-corrected chi connectivity index (χ3v) is 0.859. The fourth-order valence-electron chi connectivity index (χ4n) is 0.384. The van der Waals surface area contributed by atoms with Gasteiger partial charge in [-0.1, -0.05) is 0 Å². The first kappa shape index (κ1) is 6.97. The summed E-state index contributed by atoms with van der Waals surface area (Å²) in [5.41, 5.74) is 5.34. The summed E-state index contributed by atoms with van der Waals surface area (Å²) in [5.74, 6) is 0.694. The number of aromatic nitrogens is 2. The van der Waals surface area contributed by atoms with Gasteiger partial charge in [0.1, 0.15) is 5.82 Å². The maximum atomic E-state index is 5.34. The van der Waals surface area contributed by atoms with E-state index in [0.717, 1.165) is 0 Å². The van der Waals surface area contributed by atoms with Crippen LogP contribution in [0.2, 0.25) is 0 Å². The molecule has 4 nitrogen and oxygen atoms in total. The summed E-state index contributed by atoms with van der Waals surface area (Å²) in [6.07, 6.45) is 1.66. The number of nitrogens with two attached hydrogens (primary N) is 1. The number of nitrogens with zero attached hydrogens (tertiary/aromatic N) is 2. The SMILES string of the molecule is Cn1nccc1N.N. The van der Waals surface area contributed by atoms with Crippen molar-refractivity contribution >= 4 is 5.82 Å². The van der Waals surface area contributed by atoms with Gasteiger partial charge in [-0.3, -0.25) is 4.68 Å². The fourth-order valence-corrected chi connectivity index (χ4v) is 0.384. The first-order valence-corrected chi connectivity index (χ1v) is 2.04. The quantitative estimate of drug-likeness (QED) is 0.504. The Labute approximate surface area is 47.9 Å². The Morgan fingerprint density at radius 1 is 1.75 bits per heavy atom. The number of nitrogen functional groups attached to an aromatic ring is 1. The summed E-state index contributed by atoms with van der Waals surface area (Å²) in [6.45, 7) is 0. The van der Waals surface area contributed by atoms with Crippen LogP contribution in [0.4, 0.5) is 5.82 Å². The molecule has 8 heavy (non-hydrogen) atoms. The molecule has 0 saturated carbocycles. The Kier molecular flexibility index (Phi) is 2.02. The maximum Gasteiger partial charge on any atom is 0.121 e. The van der Waals surface area contributed by atoms with Crippen LogP contribution in [0.25, 0.3) is 0 Å². The predicted molar refractivity (Wildman–Crippen MR) is 32.6 cm³/mol. The van der Waals surface area contributed by atoms with Crippen LogP contribution in [-0.4, -0.2) is 9.78 Å². The van der Waals surface area contributed by atoms with Crippen LogP contribution in [0, 0.1) is 0 Å². The molecule has 0 aliphatic carbocycles. The van der Waals surface area contributed by atoms with E-state index in [4.69, 9.17) is 5.73 Å². The van der Waals surface area contributed by atoms with E-state index in [2.05, 4.69) is 5.10 Å². The van der Waals surface area contributed by atoms with Gasteiger partial charge in [-0.25, -0.2) is 0 Å². The van der Waals surface area contributed by atoms with E-state index in [9.17, 15) is 0 Å². The van der Waals surface area contributed by atoms with Crippen LogP contribution >= 0.6 is 0 Å². The molecule has 0 fully saturated rings. The fraction of sp³-hybridized carbons (Fsp3) is 0.250. The van der Waals surface area contributed by atoms with Crippen molar-refractivity contribution in [2.24, 2.45) is 7.05 Å². The van der Waals surface area contributed by atoms with Crippen LogP contribution in [0.3, 0.4) is 0 Å². The van der Waals surface area contributed by atoms with Crippen LogP contribution in [0.5, 0.6) is 0 Å². The van der Waals surface area contributed by atoms with Gasteiger partial charge in [0.25, 0.3) is 0 Å². The monoisotopic (exact) mass is 114 g/mol. The van der Waals surface area contributed by atoms with Gasteiger partial charge in [-0.2, -0.15) is 5.10 Å². The Morgan fingerprint density at radius 2 is 2.38 bits per heavy atom. The molecule has 0 saturated heterocycles. The molecule has 5 N–H and O–H groups in total. The molecule has 0 radical (unpaired) electrons. The third-order valence-electron chi connectivity index (χ3n) is 0.859. The number of anilines is 1. The molecule has 1 rings (SSSR count). The lowest BCUT2D eigenvalue weighted by atomic mass is 10.7. The van der Waals surface area contributed by atoms with Crippen molar-refractivity contribution in [3.63, 3.8) is 0 Å². The van der Waals surface area contributed by atoms with Crippen molar-refractivity contribution in [2.75, 3.05) is 5.73 Å². The summed E-state index contributed by atoms with van der Waals surface area (Å²) < 4.78 is 1.61. The molecule has 0 atom stereocenters. The minimum Gasteiger partial charge on any atom is -0.384 e. The molecule has 1 heterocycles. The summed E-state index contributed by atoms with van der Waals surface area (Å²) in [6, 6.07) is 1.75. The summed E-state index contributed by atoms with van der Waals surface area (Å²) in [4.78, 5) is 0. The molecular formula is C4H10N4. The van der Waals surface area contributed by atoms with Gasteiger partial charge >= 0.3 is 0 Å². The van der Waals surface area contributed by atoms with E-state index < -0.39 is 0 Å². The van der Waals surface area contributed by atoms with E-state index in [1.165, 1.54) is 0 Å². The average Bonchev–Trinajstić information content (AvgIpc) is 1.91. The molecule has 0 bridgehead atoms. The number of hydrogen-bond acceptors (Lipinski definition) is 3. The van der Waals surface area contributed by atoms with E-state index in [-0.39, 0.29) is 6.15 Å². The molecular weight excluding hydrogens is 104 g/mol. The molecule has 0 aliphatic rings. The van der Waals surface area contributed by atoms with Crippen molar-refractivity contribution in [2.45, 2.75) is 0 Å². The van der Waals surface area contributed by atoms with Gasteiger partial charge in [0.05, 0.1) is 6.20 Å². The van der Waals surface area contributed by atoms with Crippen LogP contribution in [0.1, 0.15) is 0 Å². The van der Waals surface area contributed by atoms with Gasteiger partial charge in [-0.15, -0.1) is 0 Å². The molecule has 46 valence electrons. The van der Waals surface area contributed by atoms with E-state index in [1.807, 2.05) is 0 Å². The van der Waals surface area contributed by atoms with Gasteiger partial charge in [0.2, 0.25) is 0 Å². The zero-order valence-electron chi connectivity index (χ0n) is 4.83. The van der Waals surface area contributed by atoms with Crippen molar-refractivity contribution in [1.82, 2.24) is 15.9 Å². The maximum absolute atomic E-state index is 5.34. The highest BCUT2D eigenvalue weighted by molar-refractivity contribution is 5.24. The third kappa shape index (κ3) is 0.974. The Bertz CT molecular complexity index is 140. The average molecular weight is 114 g/mol. The predicted octanol–water partition coefficient (Wildman–Crippen LogP) is 0.164. The highest BCUT2D eigenvalue weighted by Crippen LogP contribution is 1.92. The second-order valence-corrected chi connectivity index (χ2v) is 1.38. The Balaban J connectivity index is 0.000000490. The highest BCUT2D eigenvalue weighted by Gasteiger charge is 1.84. The van der Waals surface area contributed by atoms with Gasteiger partial charge in [0.15, 0.2) is 0 Å². The number of rotatable bonds is 0. The lowest BCUT2D eigenvalue weighted by Gasteiger charge is -1.87. The summed E-state index contributed by atoms with van der Waals surface area (Å²) in [5, 5.41) is 3.81. The van der Waals surface area contributed by atoms with E-state index in [1.54, 1.807) is 24.0 Å². The van der Waals surface area contributed by atoms with Crippen LogP contribution < -0.4 is 11.9 Å². The molecule has 0 amide bonds. The second-order valence-electron chi connectivity index (χ2n) is 1.38. The number of aryl methyl sites for hydroxylation is 1. The van der Waals surface area contributed by atoms with Crippen LogP contribution in [-0.2, 0) is 7.05 Å². The largest absolute Gasteiger partial charge is 0.384 e. The lowest BCUT2D eigenvalue weighted by Crippen LogP contribution is -1.95. The minimum absolute atomic E-state index is 0. The summed E-state index contributed by atoms with van der Waals surface area (Å²) >= 11 is 0. The zero-order valence-corrected chi connectivity index (χ0v) is 4.83. The highest BCUT2D eigenvalue weighted by atomic mass is 15.3. The Hall–Kier alpha value is -1.03. The minimum atomic E-state index is 0. The molecule has 0 unspecified atom stereocenters. The first-order chi connectivity index (χ1) is 3.30. The lowest BCUT2D eigenvalue weighted by molar-refractivity contribution is 0.779. The van der Waals surface area contributed by atoms with Gasteiger partial charge in [-0.05, 0) is 6.07 Å². The van der Waals surface area contributed by atoms with E-state index in [0.29, 0.717) is 5.82 Å². The van der Waals surface area contributed by atoms with Crippen molar-refractivity contribution in [3.05, 3.63) is 12.3 Å². The molecule has 4 heteroatoms. The normalized spacial score (nSPS) is 8.12. The first-order valence-electron chi connectivity index (χ1n) is 2.04. The van der Waals surface area contributed by atoms with Crippen molar-refractivity contribution in [1.29, 1.82) is 0 Å². The molecule has 1 aromatic rings. The zero-order chi connectivity index (χ0) is 5.28. The Morgan fingerprint density at radius 3 is 2.50 bits per heavy atom. The summed E-state index contributed by atoms with van der Waals surface area (Å²) in [7, 11) is 1.80. The van der Waals surface area contributed by atoms with Crippen molar-refractivity contribution in [3.8, 4) is 0 Å². The van der Waals surface area contributed by atoms with Gasteiger partial charge < -0.3 is 11.9 Å². The number of hydrogen-bond donors (Lipinski definition) is 2. The topological polar surface area (TPSA) is 78.8 Å². The standard InChI is InChI=1S/C4H7N3.H3N/c1-7-4(5)2-3-6-7;/h2-3H,5H2,1H3;1H3.